The van der Waals surface area contributed by atoms with Gasteiger partial charge in [-0.05, 0) is 36.2 Å². The Morgan fingerprint density at radius 3 is 2.44 bits per heavy atom. The first-order chi connectivity index (χ1) is 12.1. The first-order valence-corrected chi connectivity index (χ1v) is 8.38. The number of anilines is 1. The van der Waals surface area contributed by atoms with Crippen molar-refractivity contribution in [3.05, 3.63) is 71.3 Å². The minimum atomic E-state index is -0.714. The molecule has 25 heavy (non-hydrogen) atoms. The quantitative estimate of drug-likeness (QED) is 0.907. The number of hydrogen-bond acceptors (Lipinski definition) is 4. The molecule has 1 atom stereocenters. The number of Topliss-reactive ketones (excluding diaryl/α,β-unsaturated/α-hetero) is 1. The molecule has 128 valence electrons. The molecule has 2 aromatic rings. The van der Waals surface area contributed by atoms with Crippen molar-refractivity contribution >= 4 is 17.4 Å². The van der Waals surface area contributed by atoms with Gasteiger partial charge >= 0.3 is 0 Å². The third-order valence-corrected chi connectivity index (χ3v) is 4.42. The lowest BCUT2D eigenvalue weighted by molar-refractivity contribution is -0.118. The lowest BCUT2D eigenvalue weighted by atomic mass is 9.98. The highest BCUT2D eigenvalue weighted by Gasteiger charge is 2.44. The molecule has 5 heteroatoms. The van der Waals surface area contributed by atoms with Crippen LogP contribution < -0.4 is 4.90 Å². The predicted octanol–water partition coefficient (Wildman–Crippen LogP) is 3.52. The lowest BCUT2D eigenvalue weighted by Crippen LogP contribution is -2.31. The normalized spacial score (nSPS) is 17.3. The molecule has 0 spiro atoms. The first kappa shape index (κ1) is 16.9. The average molecular weight is 336 g/mol. The summed E-state index contributed by atoms with van der Waals surface area (Å²) in [4.78, 5) is 30.9. The summed E-state index contributed by atoms with van der Waals surface area (Å²) in [6.45, 7) is 3.76. The SMILES string of the molecule is CCC(=O)C1=C(O)C(=O)N(c2ccc(CC)cc2)C1c1ccccn1. The van der Waals surface area contributed by atoms with Crippen LogP contribution in [0.5, 0.6) is 0 Å². The van der Waals surface area contributed by atoms with Crippen LogP contribution >= 0.6 is 0 Å². The zero-order chi connectivity index (χ0) is 18.0. The number of amides is 1. The van der Waals surface area contributed by atoms with E-state index in [2.05, 4.69) is 11.9 Å². The number of aryl methyl sites for hydroxylation is 1. The largest absolute Gasteiger partial charge is 0.503 e. The zero-order valence-electron chi connectivity index (χ0n) is 14.3. The number of pyridine rings is 1. The van der Waals surface area contributed by atoms with Crippen LogP contribution in [0.15, 0.2) is 60.0 Å². The maximum absolute atomic E-state index is 12.7. The number of rotatable bonds is 5. The molecule has 0 saturated heterocycles. The number of ketones is 1. The van der Waals surface area contributed by atoms with E-state index < -0.39 is 17.7 Å². The van der Waals surface area contributed by atoms with Crippen molar-refractivity contribution in [1.29, 1.82) is 0 Å². The zero-order valence-corrected chi connectivity index (χ0v) is 14.3. The van der Waals surface area contributed by atoms with Crippen molar-refractivity contribution in [2.24, 2.45) is 0 Å². The maximum atomic E-state index is 12.7. The number of hydrogen-bond donors (Lipinski definition) is 1. The highest BCUT2D eigenvalue weighted by Crippen LogP contribution is 2.40. The van der Waals surface area contributed by atoms with E-state index in [9.17, 15) is 14.7 Å². The molecule has 0 radical (unpaired) electrons. The van der Waals surface area contributed by atoms with Crippen molar-refractivity contribution in [3.63, 3.8) is 0 Å². The Balaban J connectivity index is 2.13. The van der Waals surface area contributed by atoms with Gasteiger partial charge in [0.05, 0.1) is 11.3 Å². The van der Waals surface area contributed by atoms with Crippen LogP contribution in [0, 0.1) is 0 Å². The molecule has 1 N–H and O–H groups in total. The number of aliphatic hydroxyl groups is 1. The molecule has 0 bridgehead atoms. The van der Waals surface area contributed by atoms with E-state index in [0.717, 1.165) is 12.0 Å². The Kier molecular flexibility index (Phi) is 4.65. The van der Waals surface area contributed by atoms with E-state index in [0.29, 0.717) is 11.4 Å². The molecule has 1 amide bonds. The molecule has 1 aliphatic rings. The second-order valence-corrected chi connectivity index (χ2v) is 5.89. The van der Waals surface area contributed by atoms with Crippen LogP contribution in [0.1, 0.15) is 37.6 Å². The summed E-state index contributed by atoms with van der Waals surface area (Å²) in [5, 5.41) is 10.4. The summed E-state index contributed by atoms with van der Waals surface area (Å²) in [6.07, 6.45) is 2.71. The average Bonchev–Trinajstić information content (AvgIpc) is 2.93. The van der Waals surface area contributed by atoms with Gasteiger partial charge in [-0.3, -0.25) is 19.5 Å². The minimum absolute atomic E-state index is 0.116. The van der Waals surface area contributed by atoms with Gasteiger partial charge in [-0.2, -0.15) is 0 Å². The summed E-state index contributed by atoms with van der Waals surface area (Å²) < 4.78 is 0. The molecule has 0 aliphatic carbocycles. The molecule has 1 aromatic heterocycles. The van der Waals surface area contributed by atoms with E-state index in [1.807, 2.05) is 24.3 Å². The third-order valence-electron chi connectivity index (χ3n) is 4.42. The van der Waals surface area contributed by atoms with E-state index in [1.165, 1.54) is 4.90 Å². The number of aliphatic hydroxyl groups excluding tert-OH is 1. The first-order valence-electron chi connectivity index (χ1n) is 8.38. The topological polar surface area (TPSA) is 70.5 Å². The highest BCUT2D eigenvalue weighted by atomic mass is 16.3. The lowest BCUT2D eigenvalue weighted by Gasteiger charge is -2.26. The van der Waals surface area contributed by atoms with Gasteiger partial charge in [0, 0.05) is 18.3 Å². The van der Waals surface area contributed by atoms with Crippen LogP contribution in [0.3, 0.4) is 0 Å². The number of carbonyl (C=O) groups excluding carboxylic acids is 2. The molecule has 0 saturated carbocycles. The van der Waals surface area contributed by atoms with Crippen LogP contribution in [0.2, 0.25) is 0 Å². The summed E-state index contributed by atoms with van der Waals surface area (Å²) in [7, 11) is 0. The predicted molar refractivity (Wildman–Crippen MR) is 95.2 cm³/mol. The van der Waals surface area contributed by atoms with Gasteiger partial charge in [0.2, 0.25) is 0 Å². The Bertz CT molecular complexity index is 826. The fourth-order valence-corrected chi connectivity index (χ4v) is 3.06. The fourth-order valence-electron chi connectivity index (χ4n) is 3.06. The third kappa shape index (κ3) is 2.93. The van der Waals surface area contributed by atoms with Crippen LogP contribution in [-0.4, -0.2) is 21.8 Å². The van der Waals surface area contributed by atoms with Crippen LogP contribution in [0.25, 0.3) is 0 Å². The molecule has 3 rings (SSSR count). The van der Waals surface area contributed by atoms with E-state index in [4.69, 9.17) is 0 Å². The maximum Gasteiger partial charge on any atom is 0.294 e. The number of nitrogens with zero attached hydrogens (tertiary/aromatic N) is 2. The van der Waals surface area contributed by atoms with E-state index in [1.54, 1.807) is 31.3 Å². The standard InChI is InChI=1S/C20H20N2O3/c1-3-13-8-10-14(11-9-13)22-18(15-7-5-6-12-21-15)17(16(23)4-2)19(24)20(22)25/h5-12,18,24H,3-4H2,1-2H3. The Hall–Kier alpha value is -2.95. The van der Waals surface area contributed by atoms with Crippen molar-refractivity contribution in [3.8, 4) is 0 Å². The molecular weight excluding hydrogens is 316 g/mol. The molecule has 5 nitrogen and oxygen atoms in total. The molecule has 0 fully saturated rings. The van der Waals surface area contributed by atoms with Crippen LogP contribution in [-0.2, 0) is 16.0 Å². The number of aromatic nitrogens is 1. The van der Waals surface area contributed by atoms with Gasteiger partial charge in [0.1, 0.15) is 6.04 Å². The Morgan fingerprint density at radius 2 is 1.88 bits per heavy atom. The van der Waals surface area contributed by atoms with Gasteiger partial charge in [0.25, 0.3) is 5.91 Å². The molecule has 1 unspecified atom stereocenters. The Labute approximate surface area is 146 Å². The van der Waals surface area contributed by atoms with Gasteiger partial charge in [0.15, 0.2) is 11.5 Å². The molecule has 1 aliphatic heterocycles. The van der Waals surface area contributed by atoms with Crippen molar-refractivity contribution < 1.29 is 14.7 Å². The smallest absolute Gasteiger partial charge is 0.294 e. The van der Waals surface area contributed by atoms with Crippen molar-refractivity contribution in [1.82, 2.24) is 4.98 Å². The Morgan fingerprint density at radius 1 is 1.16 bits per heavy atom. The number of carbonyl (C=O) groups is 2. The molecular formula is C20H20N2O3. The van der Waals surface area contributed by atoms with Crippen LogP contribution in [0.4, 0.5) is 5.69 Å². The second-order valence-electron chi connectivity index (χ2n) is 5.89. The minimum Gasteiger partial charge on any atom is -0.503 e. The van der Waals surface area contributed by atoms with Gasteiger partial charge in [-0.1, -0.05) is 32.0 Å². The van der Waals surface area contributed by atoms with Crippen molar-refractivity contribution in [2.75, 3.05) is 4.90 Å². The summed E-state index contributed by atoms with van der Waals surface area (Å²) in [5.74, 6) is -1.31. The highest BCUT2D eigenvalue weighted by molar-refractivity contribution is 6.16. The second kappa shape index (κ2) is 6.89. The summed E-state index contributed by atoms with van der Waals surface area (Å²) in [5.41, 5.74) is 2.44. The fraction of sp³-hybridized carbons (Fsp3) is 0.250. The van der Waals surface area contributed by atoms with E-state index in [-0.39, 0.29) is 17.8 Å². The molecule has 1 aromatic carbocycles. The van der Waals surface area contributed by atoms with E-state index >= 15 is 0 Å². The van der Waals surface area contributed by atoms with Gasteiger partial charge < -0.3 is 5.11 Å². The van der Waals surface area contributed by atoms with Gasteiger partial charge in [-0.25, -0.2) is 0 Å². The van der Waals surface area contributed by atoms with Crippen molar-refractivity contribution in [2.45, 2.75) is 32.7 Å². The summed E-state index contributed by atoms with van der Waals surface area (Å²) >= 11 is 0. The molecule has 2 heterocycles. The monoisotopic (exact) mass is 336 g/mol. The van der Waals surface area contributed by atoms with Gasteiger partial charge in [-0.15, -0.1) is 0 Å². The number of benzene rings is 1. The summed E-state index contributed by atoms with van der Waals surface area (Å²) in [6, 6.07) is 12.2.